The standard InChI is InChI=1S/C11H16F3N3S/c1-15-7-4-3-5-8-9(7)16-10(18-8)17(2)6-11(12,13)14/h7,15H,3-6H2,1-2H3. The number of nitrogens with zero attached hydrogens (tertiary/aromatic N) is 2. The van der Waals surface area contributed by atoms with E-state index in [-0.39, 0.29) is 6.04 Å². The highest BCUT2D eigenvalue weighted by molar-refractivity contribution is 7.15. The number of anilines is 1. The molecule has 0 fully saturated rings. The number of halogens is 3. The van der Waals surface area contributed by atoms with Gasteiger partial charge < -0.3 is 10.2 Å². The van der Waals surface area contributed by atoms with Gasteiger partial charge in [-0.25, -0.2) is 4.98 Å². The monoisotopic (exact) mass is 279 g/mol. The van der Waals surface area contributed by atoms with Gasteiger partial charge in [-0.2, -0.15) is 13.2 Å². The average molecular weight is 279 g/mol. The van der Waals surface area contributed by atoms with Crippen molar-refractivity contribution in [1.82, 2.24) is 10.3 Å². The van der Waals surface area contributed by atoms with Crippen molar-refractivity contribution in [2.24, 2.45) is 0 Å². The Balaban J connectivity index is 2.18. The molecule has 0 radical (unpaired) electrons. The Bertz CT molecular complexity index is 416. The highest BCUT2D eigenvalue weighted by Gasteiger charge is 2.31. The molecule has 0 bridgehead atoms. The van der Waals surface area contributed by atoms with Gasteiger partial charge in [0.05, 0.1) is 11.7 Å². The van der Waals surface area contributed by atoms with Crippen LogP contribution in [0.1, 0.15) is 29.5 Å². The summed E-state index contributed by atoms with van der Waals surface area (Å²) in [6.07, 6.45) is -1.22. The molecule has 102 valence electrons. The van der Waals surface area contributed by atoms with Gasteiger partial charge in [0.1, 0.15) is 6.54 Å². The molecule has 7 heteroatoms. The van der Waals surface area contributed by atoms with E-state index in [9.17, 15) is 13.2 Å². The molecule has 1 aliphatic carbocycles. The van der Waals surface area contributed by atoms with E-state index in [0.717, 1.165) is 29.8 Å². The van der Waals surface area contributed by atoms with Crippen molar-refractivity contribution < 1.29 is 13.2 Å². The van der Waals surface area contributed by atoms with E-state index in [1.54, 1.807) is 0 Å². The molecule has 0 saturated heterocycles. The Morgan fingerprint density at radius 2 is 2.22 bits per heavy atom. The van der Waals surface area contributed by atoms with E-state index in [1.165, 1.54) is 23.3 Å². The topological polar surface area (TPSA) is 28.2 Å². The molecule has 1 aliphatic rings. The van der Waals surface area contributed by atoms with Crippen LogP contribution in [-0.4, -0.2) is 31.8 Å². The zero-order valence-electron chi connectivity index (χ0n) is 10.3. The summed E-state index contributed by atoms with van der Waals surface area (Å²) in [6.45, 7) is -0.955. The molecule has 3 nitrogen and oxygen atoms in total. The van der Waals surface area contributed by atoms with Crippen molar-refractivity contribution in [3.8, 4) is 0 Å². The number of hydrogen-bond acceptors (Lipinski definition) is 4. The van der Waals surface area contributed by atoms with Gasteiger partial charge >= 0.3 is 6.18 Å². The largest absolute Gasteiger partial charge is 0.405 e. The lowest BCUT2D eigenvalue weighted by molar-refractivity contribution is -0.119. The van der Waals surface area contributed by atoms with Crippen LogP contribution >= 0.6 is 11.3 Å². The van der Waals surface area contributed by atoms with Crippen molar-refractivity contribution in [2.45, 2.75) is 31.5 Å². The fourth-order valence-corrected chi connectivity index (χ4v) is 3.31. The molecule has 0 spiro atoms. The fourth-order valence-electron chi connectivity index (χ4n) is 2.19. The van der Waals surface area contributed by atoms with Crippen LogP contribution in [0.2, 0.25) is 0 Å². The van der Waals surface area contributed by atoms with E-state index in [1.807, 2.05) is 7.05 Å². The SMILES string of the molecule is CNC1CCCc2sc(N(C)CC(F)(F)F)nc21. The maximum absolute atomic E-state index is 12.3. The summed E-state index contributed by atoms with van der Waals surface area (Å²) in [4.78, 5) is 6.66. The highest BCUT2D eigenvalue weighted by Crippen LogP contribution is 2.36. The van der Waals surface area contributed by atoms with E-state index < -0.39 is 12.7 Å². The van der Waals surface area contributed by atoms with Gasteiger partial charge in [-0.3, -0.25) is 0 Å². The van der Waals surface area contributed by atoms with Crippen molar-refractivity contribution in [2.75, 3.05) is 25.5 Å². The maximum Gasteiger partial charge on any atom is 0.405 e. The molecule has 0 amide bonds. The number of hydrogen-bond donors (Lipinski definition) is 1. The van der Waals surface area contributed by atoms with Crippen molar-refractivity contribution in [3.05, 3.63) is 10.6 Å². The van der Waals surface area contributed by atoms with E-state index >= 15 is 0 Å². The molecule has 18 heavy (non-hydrogen) atoms. The molecule has 0 aliphatic heterocycles. The van der Waals surface area contributed by atoms with Crippen molar-refractivity contribution in [3.63, 3.8) is 0 Å². The smallest absolute Gasteiger partial charge is 0.342 e. The summed E-state index contributed by atoms with van der Waals surface area (Å²) in [5.74, 6) is 0. The van der Waals surface area contributed by atoms with Crippen LogP contribution in [0.25, 0.3) is 0 Å². The van der Waals surface area contributed by atoms with Crippen LogP contribution in [0.3, 0.4) is 0 Å². The lowest BCUT2D eigenvalue weighted by atomic mass is 9.98. The Labute approximate surface area is 108 Å². The Morgan fingerprint density at radius 1 is 1.50 bits per heavy atom. The van der Waals surface area contributed by atoms with Crippen molar-refractivity contribution >= 4 is 16.5 Å². The zero-order valence-corrected chi connectivity index (χ0v) is 11.2. The Kier molecular flexibility index (Phi) is 3.82. The molecule has 0 aromatic carbocycles. The van der Waals surface area contributed by atoms with Crippen LogP contribution < -0.4 is 10.2 Å². The van der Waals surface area contributed by atoms with Gasteiger partial charge in [0, 0.05) is 11.9 Å². The molecule has 2 rings (SSSR count). The minimum atomic E-state index is -4.19. The second-order valence-corrected chi connectivity index (χ2v) is 5.57. The minimum absolute atomic E-state index is 0.179. The van der Waals surface area contributed by atoms with Crippen LogP contribution in [0.5, 0.6) is 0 Å². The first-order valence-electron chi connectivity index (χ1n) is 5.85. The third-order valence-electron chi connectivity index (χ3n) is 3.03. The summed E-state index contributed by atoms with van der Waals surface area (Å²) in [6, 6.07) is 0.179. The number of aromatic nitrogens is 1. The Hall–Kier alpha value is -0.820. The van der Waals surface area contributed by atoms with Gasteiger partial charge in [-0.15, -0.1) is 11.3 Å². The third kappa shape index (κ3) is 2.95. The molecule has 1 heterocycles. The minimum Gasteiger partial charge on any atom is -0.342 e. The first-order valence-corrected chi connectivity index (χ1v) is 6.67. The lowest BCUT2D eigenvalue weighted by Gasteiger charge is -2.20. The molecule has 1 unspecified atom stereocenters. The zero-order chi connectivity index (χ0) is 13.3. The predicted octanol–water partition coefficient (Wildman–Crippen LogP) is 2.74. The molecule has 0 saturated carbocycles. The van der Waals surface area contributed by atoms with E-state index in [0.29, 0.717) is 5.13 Å². The number of rotatable bonds is 3. The second-order valence-electron chi connectivity index (χ2n) is 4.51. The van der Waals surface area contributed by atoms with E-state index in [4.69, 9.17) is 0 Å². The number of alkyl halides is 3. The second kappa shape index (κ2) is 5.05. The first-order chi connectivity index (χ1) is 8.40. The molecule has 1 N–H and O–H groups in total. The number of nitrogens with one attached hydrogen (secondary N) is 1. The Morgan fingerprint density at radius 3 is 2.83 bits per heavy atom. The van der Waals surface area contributed by atoms with Crippen LogP contribution in [0.4, 0.5) is 18.3 Å². The predicted molar refractivity (Wildman–Crippen MR) is 66.2 cm³/mol. The number of thiazole rings is 1. The normalized spacial score (nSPS) is 19.7. The van der Waals surface area contributed by atoms with Gasteiger partial charge in [0.2, 0.25) is 0 Å². The maximum atomic E-state index is 12.3. The summed E-state index contributed by atoms with van der Waals surface area (Å²) < 4.78 is 37.0. The quantitative estimate of drug-likeness (QED) is 0.922. The van der Waals surface area contributed by atoms with Crippen LogP contribution in [0, 0.1) is 0 Å². The van der Waals surface area contributed by atoms with Crippen LogP contribution in [-0.2, 0) is 6.42 Å². The fraction of sp³-hybridized carbons (Fsp3) is 0.727. The van der Waals surface area contributed by atoms with E-state index in [2.05, 4.69) is 10.3 Å². The van der Waals surface area contributed by atoms with Crippen LogP contribution in [0.15, 0.2) is 0 Å². The summed E-state index contributed by atoms with van der Waals surface area (Å²) in [7, 11) is 3.30. The molecular formula is C11H16F3N3S. The molecule has 1 aromatic heterocycles. The molecule has 1 aromatic rings. The first kappa shape index (κ1) is 13.6. The van der Waals surface area contributed by atoms with Gasteiger partial charge in [0.15, 0.2) is 5.13 Å². The van der Waals surface area contributed by atoms with Crippen molar-refractivity contribution in [1.29, 1.82) is 0 Å². The lowest BCUT2D eigenvalue weighted by Crippen LogP contribution is -2.30. The number of fused-ring (bicyclic) bond motifs is 1. The molecular weight excluding hydrogens is 263 g/mol. The number of aryl methyl sites for hydroxylation is 1. The van der Waals surface area contributed by atoms with Gasteiger partial charge in [-0.1, -0.05) is 0 Å². The average Bonchev–Trinajstić information content (AvgIpc) is 2.70. The summed E-state index contributed by atoms with van der Waals surface area (Å²) >= 11 is 1.38. The summed E-state index contributed by atoms with van der Waals surface area (Å²) in [5, 5.41) is 3.62. The highest BCUT2D eigenvalue weighted by atomic mass is 32.1. The van der Waals surface area contributed by atoms with Gasteiger partial charge in [-0.05, 0) is 26.3 Å². The molecule has 1 atom stereocenters. The summed E-state index contributed by atoms with van der Waals surface area (Å²) in [5.41, 5.74) is 0.928. The third-order valence-corrected chi connectivity index (χ3v) is 4.28. The van der Waals surface area contributed by atoms with Gasteiger partial charge in [0.25, 0.3) is 0 Å².